The van der Waals surface area contributed by atoms with Gasteiger partial charge in [-0.3, -0.25) is 5.10 Å². The van der Waals surface area contributed by atoms with Crippen LogP contribution in [0.3, 0.4) is 0 Å². The predicted molar refractivity (Wildman–Crippen MR) is 68.1 cm³/mol. The van der Waals surface area contributed by atoms with Crippen LogP contribution < -0.4 is 5.32 Å². The molecule has 0 aliphatic heterocycles. The van der Waals surface area contributed by atoms with Crippen LogP contribution in [0.15, 0.2) is 25.0 Å². The van der Waals surface area contributed by atoms with Crippen LogP contribution in [0.25, 0.3) is 0 Å². The van der Waals surface area contributed by atoms with Crippen LogP contribution in [0.4, 0.5) is 5.95 Å². The summed E-state index contributed by atoms with van der Waals surface area (Å²) in [5.74, 6) is 0.864. The van der Waals surface area contributed by atoms with Crippen LogP contribution in [0.2, 0.25) is 0 Å². The number of nitrogens with one attached hydrogen (secondary N) is 2. The first-order valence-electron chi connectivity index (χ1n) is 5.58. The minimum atomic E-state index is 0.709. The Morgan fingerprint density at radius 3 is 3.00 bits per heavy atom. The van der Waals surface area contributed by atoms with Gasteiger partial charge in [-0.25, -0.2) is 4.98 Å². The number of aromatic amines is 1. The van der Waals surface area contributed by atoms with Crippen molar-refractivity contribution in [2.24, 2.45) is 0 Å². The fraction of sp³-hybridized carbons (Fsp3) is 0.333. The van der Waals surface area contributed by atoms with Crippen molar-refractivity contribution in [2.75, 3.05) is 11.9 Å². The summed E-state index contributed by atoms with van der Waals surface area (Å²) in [5, 5.41) is 10.2. The first kappa shape index (κ1) is 11.4. The fourth-order valence-corrected chi connectivity index (χ4v) is 1.69. The Labute approximate surface area is 101 Å². The molecular weight excluding hydrogens is 214 g/mol. The molecule has 5 heteroatoms. The van der Waals surface area contributed by atoms with E-state index in [1.54, 1.807) is 0 Å². The number of aromatic nitrogens is 4. The number of rotatable bonds is 5. The molecule has 0 radical (unpaired) electrons. The van der Waals surface area contributed by atoms with E-state index in [2.05, 4.69) is 31.6 Å². The standard InChI is InChI=1S/C12H17N5/c1-4-5-13-12-15-9(2)7-17(12)8-11-6-14-16-10(11)3/h4,6-7H,1,5,8H2,2-3H3,(H,13,15)(H,14,16). The van der Waals surface area contributed by atoms with E-state index in [1.807, 2.05) is 32.3 Å². The summed E-state index contributed by atoms with van der Waals surface area (Å²) >= 11 is 0. The molecule has 2 N–H and O–H groups in total. The van der Waals surface area contributed by atoms with Crippen LogP contribution in [0.1, 0.15) is 17.0 Å². The molecule has 5 nitrogen and oxygen atoms in total. The molecule has 2 rings (SSSR count). The average Bonchev–Trinajstić information content (AvgIpc) is 2.84. The van der Waals surface area contributed by atoms with E-state index in [0.29, 0.717) is 6.54 Å². The molecule has 0 aliphatic carbocycles. The number of hydrogen-bond acceptors (Lipinski definition) is 3. The van der Waals surface area contributed by atoms with E-state index in [-0.39, 0.29) is 0 Å². The molecule has 0 bridgehead atoms. The highest BCUT2D eigenvalue weighted by Gasteiger charge is 2.07. The summed E-state index contributed by atoms with van der Waals surface area (Å²) < 4.78 is 2.08. The highest BCUT2D eigenvalue weighted by molar-refractivity contribution is 5.31. The maximum atomic E-state index is 4.43. The third kappa shape index (κ3) is 2.55. The van der Waals surface area contributed by atoms with Gasteiger partial charge in [0.25, 0.3) is 0 Å². The average molecular weight is 231 g/mol. The van der Waals surface area contributed by atoms with Gasteiger partial charge in [-0.05, 0) is 13.8 Å². The van der Waals surface area contributed by atoms with E-state index in [1.165, 1.54) is 5.56 Å². The minimum Gasteiger partial charge on any atom is -0.352 e. The fourth-order valence-electron chi connectivity index (χ4n) is 1.69. The molecule has 0 atom stereocenters. The molecule has 0 fully saturated rings. The first-order chi connectivity index (χ1) is 8.20. The number of aryl methyl sites for hydroxylation is 2. The monoisotopic (exact) mass is 231 g/mol. The largest absolute Gasteiger partial charge is 0.352 e. The Morgan fingerprint density at radius 2 is 2.35 bits per heavy atom. The van der Waals surface area contributed by atoms with E-state index < -0.39 is 0 Å². The molecule has 2 heterocycles. The van der Waals surface area contributed by atoms with Gasteiger partial charge in [0.1, 0.15) is 0 Å². The summed E-state index contributed by atoms with van der Waals surface area (Å²) in [6, 6.07) is 0. The van der Waals surface area contributed by atoms with E-state index in [4.69, 9.17) is 0 Å². The molecular formula is C12H17N5. The third-order valence-corrected chi connectivity index (χ3v) is 2.58. The molecule has 0 amide bonds. The van der Waals surface area contributed by atoms with Crippen molar-refractivity contribution in [3.05, 3.63) is 42.0 Å². The zero-order chi connectivity index (χ0) is 12.3. The second-order valence-electron chi connectivity index (χ2n) is 4.02. The Balaban J connectivity index is 2.20. The molecule has 0 saturated heterocycles. The van der Waals surface area contributed by atoms with E-state index in [9.17, 15) is 0 Å². The molecule has 17 heavy (non-hydrogen) atoms. The van der Waals surface area contributed by atoms with E-state index >= 15 is 0 Å². The molecule has 0 aliphatic rings. The lowest BCUT2D eigenvalue weighted by atomic mass is 10.2. The van der Waals surface area contributed by atoms with Crippen LogP contribution in [0.5, 0.6) is 0 Å². The van der Waals surface area contributed by atoms with Crippen molar-refractivity contribution < 1.29 is 0 Å². The maximum absolute atomic E-state index is 4.43. The van der Waals surface area contributed by atoms with Gasteiger partial charge >= 0.3 is 0 Å². The number of imidazole rings is 1. The van der Waals surface area contributed by atoms with Crippen LogP contribution in [-0.2, 0) is 6.54 Å². The summed E-state index contributed by atoms with van der Waals surface area (Å²) in [6.45, 7) is 9.16. The summed E-state index contributed by atoms with van der Waals surface area (Å²) in [5.41, 5.74) is 3.26. The van der Waals surface area contributed by atoms with Gasteiger partial charge in [0.2, 0.25) is 5.95 Å². The lowest BCUT2D eigenvalue weighted by Gasteiger charge is -2.07. The van der Waals surface area contributed by atoms with Crippen LogP contribution >= 0.6 is 0 Å². The number of H-pyrrole nitrogens is 1. The Bertz CT molecular complexity index is 509. The van der Waals surface area contributed by atoms with Gasteiger partial charge < -0.3 is 9.88 Å². The topological polar surface area (TPSA) is 58.5 Å². The van der Waals surface area contributed by atoms with Crippen molar-refractivity contribution >= 4 is 5.95 Å². The molecule has 2 aromatic rings. The third-order valence-electron chi connectivity index (χ3n) is 2.58. The molecule has 0 aromatic carbocycles. The van der Waals surface area contributed by atoms with Gasteiger partial charge in [-0.2, -0.15) is 5.10 Å². The predicted octanol–water partition coefficient (Wildman–Crippen LogP) is 1.87. The summed E-state index contributed by atoms with van der Waals surface area (Å²) in [7, 11) is 0. The molecule has 0 saturated carbocycles. The number of nitrogens with zero attached hydrogens (tertiary/aromatic N) is 3. The molecule has 0 spiro atoms. The molecule has 2 aromatic heterocycles. The van der Waals surface area contributed by atoms with Crippen molar-refractivity contribution in [1.29, 1.82) is 0 Å². The molecule has 90 valence electrons. The first-order valence-corrected chi connectivity index (χ1v) is 5.58. The Hall–Kier alpha value is -2.04. The van der Waals surface area contributed by atoms with Gasteiger partial charge in [0.05, 0.1) is 18.4 Å². The van der Waals surface area contributed by atoms with Gasteiger partial charge in [-0.15, -0.1) is 6.58 Å². The van der Waals surface area contributed by atoms with Crippen molar-refractivity contribution in [2.45, 2.75) is 20.4 Å². The highest BCUT2D eigenvalue weighted by Crippen LogP contribution is 2.13. The van der Waals surface area contributed by atoms with Gasteiger partial charge in [0.15, 0.2) is 0 Å². The smallest absolute Gasteiger partial charge is 0.203 e. The van der Waals surface area contributed by atoms with Crippen molar-refractivity contribution in [3.63, 3.8) is 0 Å². The minimum absolute atomic E-state index is 0.709. The maximum Gasteiger partial charge on any atom is 0.203 e. The quantitative estimate of drug-likeness (QED) is 0.772. The second-order valence-corrected chi connectivity index (χ2v) is 4.02. The Kier molecular flexibility index (Phi) is 3.27. The van der Waals surface area contributed by atoms with E-state index in [0.717, 1.165) is 23.9 Å². The van der Waals surface area contributed by atoms with Crippen LogP contribution in [-0.4, -0.2) is 26.3 Å². The van der Waals surface area contributed by atoms with Gasteiger partial charge in [0, 0.05) is 24.0 Å². The number of anilines is 1. The summed E-state index contributed by atoms with van der Waals surface area (Å²) in [4.78, 5) is 4.43. The lowest BCUT2D eigenvalue weighted by Crippen LogP contribution is -2.08. The van der Waals surface area contributed by atoms with Crippen molar-refractivity contribution in [1.82, 2.24) is 19.7 Å². The van der Waals surface area contributed by atoms with Crippen LogP contribution in [0, 0.1) is 13.8 Å². The lowest BCUT2D eigenvalue weighted by molar-refractivity contribution is 0.797. The second kappa shape index (κ2) is 4.86. The molecule has 0 unspecified atom stereocenters. The zero-order valence-corrected chi connectivity index (χ0v) is 10.2. The number of hydrogen-bond donors (Lipinski definition) is 2. The SMILES string of the molecule is C=CCNc1nc(C)cn1Cc1cn[nH]c1C. The van der Waals surface area contributed by atoms with Gasteiger partial charge in [-0.1, -0.05) is 6.08 Å². The zero-order valence-electron chi connectivity index (χ0n) is 10.2. The normalized spacial score (nSPS) is 10.5. The summed E-state index contributed by atoms with van der Waals surface area (Å²) in [6.07, 6.45) is 5.69. The highest BCUT2D eigenvalue weighted by atomic mass is 15.2. The Morgan fingerprint density at radius 1 is 1.53 bits per heavy atom. The van der Waals surface area contributed by atoms with Crippen molar-refractivity contribution in [3.8, 4) is 0 Å².